The Labute approximate surface area is 108 Å². The Morgan fingerprint density at radius 1 is 1.59 bits per heavy atom. The van der Waals surface area contributed by atoms with E-state index in [0.29, 0.717) is 23.0 Å². The van der Waals surface area contributed by atoms with Gasteiger partial charge in [0.15, 0.2) is 0 Å². The lowest BCUT2D eigenvalue weighted by Crippen LogP contribution is -2.54. The van der Waals surface area contributed by atoms with E-state index in [4.69, 9.17) is 18.0 Å². The van der Waals surface area contributed by atoms with E-state index in [1.807, 2.05) is 4.90 Å². The van der Waals surface area contributed by atoms with Crippen LogP contribution in [0.25, 0.3) is 0 Å². The SMILES string of the molecule is CCC(CC(N)=S)N1CCN2C(=O)CCC2C1. The molecule has 0 aromatic heterocycles. The maximum atomic E-state index is 11.6. The van der Waals surface area contributed by atoms with Gasteiger partial charge in [-0.25, -0.2) is 0 Å². The summed E-state index contributed by atoms with van der Waals surface area (Å²) in [6.45, 7) is 5.00. The molecule has 2 atom stereocenters. The van der Waals surface area contributed by atoms with Gasteiger partial charge in [0.05, 0.1) is 4.99 Å². The van der Waals surface area contributed by atoms with Crippen LogP contribution < -0.4 is 5.73 Å². The van der Waals surface area contributed by atoms with Crippen LogP contribution in [-0.4, -0.2) is 52.4 Å². The second-order valence-corrected chi connectivity index (χ2v) is 5.53. The molecule has 0 spiro atoms. The third kappa shape index (κ3) is 2.77. The number of rotatable bonds is 4. The lowest BCUT2D eigenvalue weighted by atomic mass is 10.1. The average molecular weight is 255 g/mol. The molecule has 2 heterocycles. The van der Waals surface area contributed by atoms with E-state index in [-0.39, 0.29) is 0 Å². The van der Waals surface area contributed by atoms with Gasteiger partial charge in [0.25, 0.3) is 0 Å². The Morgan fingerprint density at radius 3 is 3.00 bits per heavy atom. The first-order valence-corrected chi connectivity index (χ1v) is 6.84. The van der Waals surface area contributed by atoms with Crippen LogP contribution in [0.15, 0.2) is 0 Å². The topological polar surface area (TPSA) is 49.6 Å². The van der Waals surface area contributed by atoms with Gasteiger partial charge in [-0.05, 0) is 12.8 Å². The molecule has 0 radical (unpaired) electrons. The molecular weight excluding hydrogens is 234 g/mol. The molecule has 96 valence electrons. The normalized spacial score (nSPS) is 27.0. The molecular formula is C12H21N3OS. The van der Waals surface area contributed by atoms with Gasteiger partial charge >= 0.3 is 0 Å². The van der Waals surface area contributed by atoms with Crippen molar-refractivity contribution in [2.24, 2.45) is 5.73 Å². The van der Waals surface area contributed by atoms with Crippen LogP contribution in [-0.2, 0) is 4.79 Å². The van der Waals surface area contributed by atoms with Gasteiger partial charge in [0.1, 0.15) is 0 Å². The van der Waals surface area contributed by atoms with Gasteiger partial charge < -0.3 is 10.6 Å². The van der Waals surface area contributed by atoms with Gasteiger partial charge in [0.2, 0.25) is 5.91 Å². The second-order valence-electron chi connectivity index (χ2n) is 5.01. The number of hydrogen-bond acceptors (Lipinski definition) is 3. The Morgan fingerprint density at radius 2 is 2.35 bits per heavy atom. The summed E-state index contributed by atoms with van der Waals surface area (Å²) in [5.74, 6) is 0.331. The van der Waals surface area contributed by atoms with Crippen LogP contribution in [0.5, 0.6) is 0 Å². The van der Waals surface area contributed by atoms with E-state index < -0.39 is 0 Å². The highest BCUT2D eigenvalue weighted by atomic mass is 32.1. The predicted octanol–water partition coefficient (Wildman–Crippen LogP) is 0.748. The van der Waals surface area contributed by atoms with Crippen LogP contribution in [0.4, 0.5) is 0 Å². The number of carbonyl (C=O) groups is 1. The molecule has 0 aromatic carbocycles. The Balaban J connectivity index is 1.95. The smallest absolute Gasteiger partial charge is 0.222 e. The summed E-state index contributed by atoms with van der Waals surface area (Å²) < 4.78 is 0. The van der Waals surface area contributed by atoms with Gasteiger partial charge in [-0.1, -0.05) is 19.1 Å². The number of hydrogen-bond donors (Lipinski definition) is 1. The number of amides is 1. The highest BCUT2D eigenvalue weighted by Crippen LogP contribution is 2.25. The van der Waals surface area contributed by atoms with Crippen LogP contribution >= 0.6 is 12.2 Å². The Kier molecular flexibility index (Phi) is 3.99. The number of piperazine rings is 1. The van der Waals surface area contributed by atoms with E-state index in [1.54, 1.807) is 0 Å². The van der Waals surface area contributed by atoms with Crippen molar-refractivity contribution < 1.29 is 4.79 Å². The monoisotopic (exact) mass is 255 g/mol. The standard InChI is InChI=1S/C12H21N3OS/c1-2-9(7-11(13)17)14-5-6-15-10(8-14)3-4-12(15)16/h9-10H,2-8H2,1H3,(H2,13,17). The van der Waals surface area contributed by atoms with Crippen molar-refractivity contribution in [3.05, 3.63) is 0 Å². The largest absolute Gasteiger partial charge is 0.393 e. The van der Waals surface area contributed by atoms with Crippen LogP contribution in [0.1, 0.15) is 32.6 Å². The number of fused-ring (bicyclic) bond motifs is 1. The van der Waals surface area contributed by atoms with E-state index in [2.05, 4.69) is 11.8 Å². The molecule has 17 heavy (non-hydrogen) atoms. The van der Waals surface area contributed by atoms with Crippen molar-refractivity contribution in [2.45, 2.75) is 44.7 Å². The maximum Gasteiger partial charge on any atom is 0.222 e. The lowest BCUT2D eigenvalue weighted by molar-refractivity contribution is -0.131. The summed E-state index contributed by atoms with van der Waals surface area (Å²) in [5, 5.41) is 0. The molecule has 0 aromatic rings. The molecule has 2 saturated heterocycles. The molecule has 2 aliphatic heterocycles. The molecule has 2 fully saturated rings. The molecule has 2 N–H and O–H groups in total. The van der Waals surface area contributed by atoms with Crippen molar-refractivity contribution in [3.63, 3.8) is 0 Å². The third-order valence-corrected chi connectivity index (χ3v) is 4.12. The first-order valence-electron chi connectivity index (χ1n) is 6.43. The highest BCUT2D eigenvalue weighted by Gasteiger charge is 2.36. The summed E-state index contributed by atoms with van der Waals surface area (Å²) in [6.07, 6.45) is 3.61. The number of thiocarbonyl (C=S) groups is 1. The van der Waals surface area contributed by atoms with Crippen molar-refractivity contribution in [1.29, 1.82) is 0 Å². The summed E-state index contributed by atoms with van der Waals surface area (Å²) in [5.41, 5.74) is 5.64. The van der Waals surface area contributed by atoms with Gasteiger partial charge in [-0.15, -0.1) is 0 Å². The minimum Gasteiger partial charge on any atom is -0.393 e. The van der Waals surface area contributed by atoms with E-state index in [0.717, 1.165) is 45.3 Å². The fourth-order valence-electron chi connectivity index (χ4n) is 2.98. The fraction of sp³-hybridized carbons (Fsp3) is 0.833. The van der Waals surface area contributed by atoms with Crippen molar-refractivity contribution in [1.82, 2.24) is 9.80 Å². The van der Waals surface area contributed by atoms with Gasteiger partial charge in [-0.3, -0.25) is 9.69 Å². The minimum absolute atomic E-state index is 0.331. The zero-order valence-electron chi connectivity index (χ0n) is 10.4. The summed E-state index contributed by atoms with van der Waals surface area (Å²) in [6, 6.07) is 0.877. The van der Waals surface area contributed by atoms with Crippen molar-refractivity contribution in [3.8, 4) is 0 Å². The molecule has 1 amide bonds. The van der Waals surface area contributed by atoms with E-state index in [1.165, 1.54) is 0 Å². The zero-order chi connectivity index (χ0) is 12.4. The maximum absolute atomic E-state index is 11.6. The molecule has 4 nitrogen and oxygen atoms in total. The van der Waals surface area contributed by atoms with E-state index in [9.17, 15) is 4.79 Å². The molecule has 0 aliphatic carbocycles. The summed E-state index contributed by atoms with van der Waals surface area (Å²) in [7, 11) is 0. The molecule has 2 aliphatic rings. The average Bonchev–Trinajstić information content (AvgIpc) is 2.67. The highest BCUT2D eigenvalue weighted by molar-refractivity contribution is 7.80. The quantitative estimate of drug-likeness (QED) is 0.753. The van der Waals surface area contributed by atoms with E-state index >= 15 is 0 Å². The first kappa shape index (κ1) is 12.8. The first-order chi connectivity index (χ1) is 8.11. The number of carbonyl (C=O) groups excluding carboxylic acids is 1. The minimum atomic E-state index is 0.331. The molecule has 0 saturated carbocycles. The third-order valence-electron chi connectivity index (χ3n) is 3.95. The van der Waals surface area contributed by atoms with Crippen LogP contribution in [0, 0.1) is 0 Å². The van der Waals surface area contributed by atoms with Crippen molar-refractivity contribution in [2.75, 3.05) is 19.6 Å². The number of nitrogens with zero attached hydrogens (tertiary/aromatic N) is 2. The van der Waals surface area contributed by atoms with Crippen LogP contribution in [0.2, 0.25) is 0 Å². The Hall–Kier alpha value is -0.680. The second kappa shape index (κ2) is 5.31. The molecule has 0 bridgehead atoms. The molecule has 5 heteroatoms. The lowest BCUT2D eigenvalue weighted by Gasteiger charge is -2.41. The summed E-state index contributed by atoms with van der Waals surface area (Å²) >= 11 is 5.01. The van der Waals surface area contributed by atoms with Gasteiger partial charge in [0, 0.05) is 44.6 Å². The zero-order valence-corrected chi connectivity index (χ0v) is 11.2. The van der Waals surface area contributed by atoms with Crippen LogP contribution in [0.3, 0.4) is 0 Å². The van der Waals surface area contributed by atoms with Gasteiger partial charge in [-0.2, -0.15) is 0 Å². The van der Waals surface area contributed by atoms with Crippen molar-refractivity contribution >= 4 is 23.1 Å². The summed E-state index contributed by atoms with van der Waals surface area (Å²) in [4.78, 5) is 16.7. The number of nitrogens with two attached hydrogens (primary N) is 1. The molecule has 2 unspecified atom stereocenters. The Bertz CT molecular complexity index is 321. The molecule has 2 rings (SSSR count). The predicted molar refractivity (Wildman–Crippen MR) is 71.8 cm³/mol. The fourth-order valence-corrected chi connectivity index (χ4v) is 3.18.